The van der Waals surface area contributed by atoms with E-state index in [4.69, 9.17) is 0 Å². The fourth-order valence-corrected chi connectivity index (χ4v) is 2.18. The molecule has 0 radical (unpaired) electrons. The van der Waals surface area contributed by atoms with Crippen LogP contribution < -0.4 is 10.6 Å². The number of rotatable bonds is 6. The van der Waals surface area contributed by atoms with Gasteiger partial charge in [-0.1, -0.05) is 25.1 Å². The first-order valence-corrected chi connectivity index (χ1v) is 7.03. The van der Waals surface area contributed by atoms with Gasteiger partial charge in [0, 0.05) is 24.2 Å². The number of para-hydroxylation sites is 1. The van der Waals surface area contributed by atoms with Crippen LogP contribution in [0.4, 0.5) is 0 Å². The van der Waals surface area contributed by atoms with E-state index >= 15 is 0 Å². The maximum atomic E-state index is 11.5. The predicted molar refractivity (Wildman–Crippen MR) is 81.5 cm³/mol. The Morgan fingerprint density at radius 1 is 1.30 bits per heavy atom. The minimum atomic E-state index is 0.0435. The van der Waals surface area contributed by atoms with Crippen molar-refractivity contribution in [1.29, 1.82) is 0 Å². The summed E-state index contributed by atoms with van der Waals surface area (Å²) in [5, 5.41) is 7.18. The van der Waals surface area contributed by atoms with Crippen LogP contribution >= 0.6 is 0 Å². The molecule has 0 atom stereocenters. The molecule has 0 saturated heterocycles. The van der Waals surface area contributed by atoms with Crippen LogP contribution in [-0.4, -0.2) is 24.0 Å². The van der Waals surface area contributed by atoms with Gasteiger partial charge in [-0.2, -0.15) is 0 Å². The molecule has 20 heavy (non-hydrogen) atoms. The van der Waals surface area contributed by atoms with Crippen molar-refractivity contribution in [2.75, 3.05) is 13.1 Å². The van der Waals surface area contributed by atoms with Gasteiger partial charge in [-0.3, -0.25) is 9.78 Å². The quantitative estimate of drug-likeness (QED) is 0.846. The molecule has 1 heterocycles. The van der Waals surface area contributed by atoms with Crippen LogP contribution in [-0.2, 0) is 11.3 Å². The van der Waals surface area contributed by atoms with E-state index < -0.39 is 0 Å². The highest BCUT2D eigenvalue weighted by atomic mass is 16.1. The van der Waals surface area contributed by atoms with E-state index in [0.29, 0.717) is 13.1 Å². The average molecular weight is 271 g/mol. The lowest BCUT2D eigenvalue weighted by molar-refractivity contribution is -0.120. The van der Waals surface area contributed by atoms with E-state index in [9.17, 15) is 4.79 Å². The molecule has 2 rings (SSSR count). The molecule has 0 spiro atoms. The van der Waals surface area contributed by atoms with Gasteiger partial charge in [-0.15, -0.1) is 0 Å². The molecular weight excluding hydrogens is 250 g/mol. The Hall–Kier alpha value is -1.94. The topological polar surface area (TPSA) is 54.0 Å². The zero-order valence-corrected chi connectivity index (χ0v) is 12.1. The van der Waals surface area contributed by atoms with Gasteiger partial charge in [0.05, 0.1) is 12.1 Å². The van der Waals surface area contributed by atoms with Crippen LogP contribution in [0.3, 0.4) is 0 Å². The maximum absolute atomic E-state index is 11.5. The number of nitrogens with one attached hydrogen (secondary N) is 2. The standard InChI is InChI=1S/C16H21N3O/c1-3-8-18-16(20)11-17-10-13-9-12(2)19-15-7-5-4-6-14(13)15/h4-7,9,17H,3,8,10-11H2,1-2H3,(H,18,20). The van der Waals surface area contributed by atoms with Crippen LogP contribution in [0.25, 0.3) is 10.9 Å². The van der Waals surface area contributed by atoms with E-state index in [2.05, 4.69) is 27.8 Å². The zero-order chi connectivity index (χ0) is 14.4. The molecule has 0 aliphatic heterocycles. The number of amides is 1. The molecule has 1 aromatic heterocycles. The Kier molecular flexibility index (Phi) is 5.07. The first-order chi connectivity index (χ1) is 9.70. The first kappa shape index (κ1) is 14.5. The largest absolute Gasteiger partial charge is 0.355 e. The third-order valence-electron chi connectivity index (χ3n) is 3.10. The SMILES string of the molecule is CCCNC(=O)CNCc1cc(C)nc2ccccc12. The minimum absolute atomic E-state index is 0.0435. The van der Waals surface area contributed by atoms with Crippen molar-refractivity contribution in [1.82, 2.24) is 15.6 Å². The summed E-state index contributed by atoms with van der Waals surface area (Å²) in [7, 11) is 0. The molecule has 2 N–H and O–H groups in total. The fourth-order valence-electron chi connectivity index (χ4n) is 2.18. The molecule has 1 aromatic carbocycles. The second kappa shape index (κ2) is 7.01. The number of nitrogens with zero attached hydrogens (tertiary/aromatic N) is 1. The van der Waals surface area contributed by atoms with Gasteiger partial charge in [0.2, 0.25) is 5.91 Å². The van der Waals surface area contributed by atoms with Crippen LogP contribution in [0.2, 0.25) is 0 Å². The van der Waals surface area contributed by atoms with Gasteiger partial charge in [0.25, 0.3) is 0 Å². The molecule has 1 amide bonds. The number of carbonyl (C=O) groups is 1. The summed E-state index contributed by atoms with van der Waals surface area (Å²) in [5.41, 5.74) is 3.17. The summed E-state index contributed by atoms with van der Waals surface area (Å²) in [6.07, 6.45) is 0.958. The number of carbonyl (C=O) groups excluding carboxylic acids is 1. The normalized spacial score (nSPS) is 10.7. The van der Waals surface area contributed by atoms with E-state index in [1.165, 1.54) is 5.56 Å². The molecule has 106 valence electrons. The number of hydrogen-bond donors (Lipinski definition) is 2. The summed E-state index contributed by atoms with van der Waals surface area (Å²) < 4.78 is 0. The Morgan fingerprint density at radius 2 is 2.10 bits per heavy atom. The molecule has 0 aliphatic carbocycles. The number of benzene rings is 1. The third-order valence-corrected chi connectivity index (χ3v) is 3.10. The smallest absolute Gasteiger partial charge is 0.233 e. The second-order valence-electron chi connectivity index (χ2n) is 4.89. The van der Waals surface area contributed by atoms with Gasteiger partial charge >= 0.3 is 0 Å². The lowest BCUT2D eigenvalue weighted by Gasteiger charge is -2.09. The van der Waals surface area contributed by atoms with Crippen LogP contribution in [0.1, 0.15) is 24.6 Å². The number of pyridine rings is 1. The Bertz CT molecular complexity index is 595. The summed E-state index contributed by atoms with van der Waals surface area (Å²) in [6, 6.07) is 10.1. The van der Waals surface area contributed by atoms with Crippen molar-refractivity contribution in [2.24, 2.45) is 0 Å². The molecule has 4 heteroatoms. The van der Waals surface area contributed by atoms with Crippen molar-refractivity contribution in [3.05, 3.63) is 41.6 Å². The fraction of sp³-hybridized carbons (Fsp3) is 0.375. The number of aromatic nitrogens is 1. The zero-order valence-electron chi connectivity index (χ0n) is 12.1. The Morgan fingerprint density at radius 3 is 2.90 bits per heavy atom. The highest BCUT2D eigenvalue weighted by Gasteiger charge is 2.04. The monoisotopic (exact) mass is 271 g/mol. The van der Waals surface area contributed by atoms with Crippen molar-refractivity contribution >= 4 is 16.8 Å². The molecule has 4 nitrogen and oxygen atoms in total. The average Bonchev–Trinajstić information content (AvgIpc) is 2.45. The van der Waals surface area contributed by atoms with E-state index in [-0.39, 0.29) is 5.91 Å². The van der Waals surface area contributed by atoms with Gasteiger partial charge in [0.15, 0.2) is 0 Å². The van der Waals surface area contributed by atoms with Gasteiger partial charge in [0.1, 0.15) is 0 Å². The molecule has 0 unspecified atom stereocenters. The Balaban J connectivity index is 2.01. The number of hydrogen-bond acceptors (Lipinski definition) is 3. The summed E-state index contributed by atoms with van der Waals surface area (Å²) in [5.74, 6) is 0.0435. The van der Waals surface area contributed by atoms with Gasteiger partial charge in [-0.25, -0.2) is 0 Å². The second-order valence-corrected chi connectivity index (χ2v) is 4.89. The maximum Gasteiger partial charge on any atom is 0.233 e. The van der Waals surface area contributed by atoms with Gasteiger partial charge < -0.3 is 10.6 Å². The van der Waals surface area contributed by atoms with Crippen LogP contribution in [0.15, 0.2) is 30.3 Å². The molecule has 0 bridgehead atoms. The molecule has 2 aromatic rings. The lowest BCUT2D eigenvalue weighted by atomic mass is 10.1. The highest BCUT2D eigenvalue weighted by Crippen LogP contribution is 2.17. The van der Waals surface area contributed by atoms with Crippen molar-refractivity contribution in [2.45, 2.75) is 26.8 Å². The number of aryl methyl sites for hydroxylation is 1. The van der Waals surface area contributed by atoms with Crippen molar-refractivity contribution < 1.29 is 4.79 Å². The van der Waals surface area contributed by atoms with Crippen LogP contribution in [0, 0.1) is 6.92 Å². The van der Waals surface area contributed by atoms with E-state index in [0.717, 1.165) is 29.6 Å². The van der Waals surface area contributed by atoms with Crippen LogP contribution in [0.5, 0.6) is 0 Å². The van der Waals surface area contributed by atoms with E-state index in [1.807, 2.05) is 32.0 Å². The minimum Gasteiger partial charge on any atom is -0.355 e. The molecular formula is C16H21N3O. The number of fused-ring (bicyclic) bond motifs is 1. The third kappa shape index (κ3) is 3.78. The lowest BCUT2D eigenvalue weighted by Crippen LogP contribution is -2.34. The molecule has 0 aliphatic rings. The summed E-state index contributed by atoms with van der Waals surface area (Å²) >= 11 is 0. The Labute approximate surface area is 119 Å². The van der Waals surface area contributed by atoms with Gasteiger partial charge in [-0.05, 0) is 31.0 Å². The first-order valence-electron chi connectivity index (χ1n) is 7.03. The van der Waals surface area contributed by atoms with Crippen molar-refractivity contribution in [3.8, 4) is 0 Å². The highest BCUT2D eigenvalue weighted by molar-refractivity contribution is 5.82. The van der Waals surface area contributed by atoms with Crippen molar-refractivity contribution in [3.63, 3.8) is 0 Å². The molecule has 0 fully saturated rings. The summed E-state index contributed by atoms with van der Waals surface area (Å²) in [6.45, 7) is 5.78. The molecule has 0 saturated carbocycles. The van der Waals surface area contributed by atoms with E-state index in [1.54, 1.807) is 0 Å². The predicted octanol–water partition coefficient (Wildman–Crippen LogP) is 2.16. The summed E-state index contributed by atoms with van der Waals surface area (Å²) in [4.78, 5) is 16.0.